The van der Waals surface area contributed by atoms with E-state index in [0.717, 1.165) is 22.3 Å². The molecule has 0 bridgehead atoms. The zero-order valence-electron chi connectivity index (χ0n) is 12.8. The van der Waals surface area contributed by atoms with Crippen LogP contribution in [-0.2, 0) is 0 Å². The predicted octanol–water partition coefficient (Wildman–Crippen LogP) is 1.41. The van der Waals surface area contributed by atoms with Crippen LogP contribution in [0, 0.1) is 34.6 Å². The molecule has 4 nitrogen and oxygen atoms in total. The van der Waals surface area contributed by atoms with Gasteiger partial charge in [0.05, 0.1) is 12.2 Å². The number of aliphatic hydroxyl groups excluding tert-OH is 2. The largest absolute Gasteiger partial charge is 0.388 e. The Kier molecular flexibility index (Phi) is 3.89. The molecule has 0 unspecified atom stereocenters. The number of β-amino-alcohol motifs (C(OH)–C–C–N with tert-alkyl or cyclic N) is 2. The summed E-state index contributed by atoms with van der Waals surface area (Å²) in [5.74, 6) is -0.0956. The highest BCUT2D eigenvalue weighted by Crippen LogP contribution is 2.28. The van der Waals surface area contributed by atoms with E-state index >= 15 is 0 Å². The van der Waals surface area contributed by atoms with Crippen LogP contribution >= 0.6 is 0 Å². The smallest absolute Gasteiger partial charge is 0.254 e. The van der Waals surface area contributed by atoms with Crippen molar-refractivity contribution >= 4 is 5.91 Å². The molecule has 2 atom stereocenters. The normalized spacial score (nSPS) is 22.4. The second-order valence-corrected chi connectivity index (χ2v) is 5.84. The Morgan fingerprint density at radius 1 is 0.850 bits per heavy atom. The number of rotatable bonds is 1. The van der Waals surface area contributed by atoms with E-state index < -0.39 is 12.2 Å². The minimum Gasteiger partial charge on any atom is -0.388 e. The van der Waals surface area contributed by atoms with Gasteiger partial charge in [0, 0.05) is 18.7 Å². The third-order valence-corrected chi connectivity index (χ3v) is 4.76. The Balaban J connectivity index is 2.46. The maximum absolute atomic E-state index is 12.7. The summed E-state index contributed by atoms with van der Waals surface area (Å²) in [4.78, 5) is 14.2. The molecule has 4 heteroatoms. The highest BCUT2D eigenvalue weighted by atomic mass is 16.3. The van der Waals surface area contributed by atoms with E-state index in [1.54, 1.807) is 4.90 Å². The lowest BCUT2D eigenvalue weighted by Gasteiger charge is -2.22. The second-order valence-electron chi connectivity index (χ2n) is 5.84. The summed E-state index contributed by atoms with van der Waals surface area (Å²) in [6.45, 7) is 10.5. The first kappa shape index (κ1) is 15.0. The van der Waals surface area contributed by atoms with Crippen LogP contribution in [0.4, 0.5) is 0 Å². The molecule has 1 fully saturated rings. The fourth-order valence-electron chi connectivity index (χ4n) is 2.91. The molecule has 1 amide bonds. The molecule has 2 N–H and O–H groups in total. The molecular weight excluding hydrogens is 254 g/mol. The monoisotopic (exact) mass is 277 g/mol. The van der Waals surface area contributed by atoms with Crippen molar-refractivity contribution in [2.45, 2.75) is 46.8 Å². The number of benzene rings is 1. The molecule has 0 aliphatic carbocycles. The molecule has 20 heavy (non-hydrogen) atoms. The van der Waals surface area contributed by atoms with E-state index in [4.69, 9.17) is 0 Å². The van der Waals surface area contributed by atoms with Gasteiger partial charge in [0.2, 0.25) is 0 Å². The highest BCUT2D eigenvalue weighted by molar-refractivity contribution is 5.98. The number of amides is 1. The van der Waals surface area contributed by atoms with E-state index in [-0.39, 0.29) is 19.0 Å². The Hall–Kier alpha value is -1.39. The predicted molar refractivity (Wildman–Crippen MR) is 78.0 cm³/mol. The van der Waals surface area contributed by atoms with E-state index in [0.29, 0.717) is 5.56 Å². The van der Waals surface area contributed by atoms with Crippen molar-refractivity contribution in [1.82, 2.24) is 4.90 Å². The van der Waals surface area contributed by atoms with Crippen molar-refractivity contribution < 1.29 is 15.0 Å². The molecule has 0 saturated carbocycles. The van der Waals surface area contributed by atoms with Crippen LogP contribution in [0.25, 0.3) is 0 Å². The maximum atomic E-state index is 12.7. The summed E-state index contributed by atoms with van der Waals surface area (Å²) in [5.41, 5.74) is 6.19. The first-order chi connectivity index (χ1) is 9.25. The van der Waals surface area contributed by atoms with Crippen LogP contribution in [-0.4, -0.2) is 46.3 Å². The first-order valence-corrected chi connectivity index (χ1v) is 6.98. The standard InChI is InChI=1S/C16H23NO3/c1-8-9(2)11(4)15(12(5)10(8)3)16(20)17-6-13(18)14(19)7-17/h13-14,18-19H,6-7H2,1-5H3/t13-,14+. The van der Waals surface area contributed by atoms with Crippen LogP contribution in [0.5, 0.6) is 0 Å². The third-order valence-electron chi connectivity index (χ3n) is 4.76. The Morgan fingerprint density at radius 2 is 1.20 bits per heavy atom. The van der Waals surface area contributed by atoms with Crippen LogP contribution in [0.2, 0.25) is 0 Å². The quantitative estimate of drug-likeness (QED) is 0.816. The van der Waals surface area contributed by atoms with Gasteiger partial charge in [-0.3, -0.25) is 4.79 Å². The molecule has 1 aliphatic heterocycles. The van der Waals surface area contributed by atoms with Crippen molar-refractivity contribution in [2.75, 3.05) is 13.1 Å². The topological polar surface area (TPSA) is 60.8 Å². The van der Waals surface area contributed by atoms with Gasteiger partial charge in [0.15, 0.2) is 0 Å². The first-order valence-electron chi connectivity index (χ1n) is 6.98. The van der Waals surface area contributed by atoms with Crippen LogP contribution in [0.15, 0.2) is 0 Å². The lowest BCUT2D eigenvalue weighted by Crippen LogP contribution is -2.31. The molecule has 0 radical (unpaired) electrons. The molecular formula is C16H23NO3. The summed E-state index contributed by atoms with van der Waals surface area (Å²) in [6, 6.07) is 0. The summed E-state index contributed by atoms with van der Waals surface area (Å²) in [5, 5.41) is 19.2. The van der Waals surface area contributed by atoms with Gasteiger partial charge >= 0.3 is 0 Å². The maximum Gasteiger partial charge on any atom is 0.254 e. The van der Waals surface area contributed by atoms with Crippen molar-refractivity contribution in [3.8, 4) is 0 Å². The van der Waals surface area contributed by atoms with Crippen molar-refractivity contribution in [3.63, 3.8) is 0 Å². The molecule has 1 heterocycles. The summed E-state index contributed by atoms with van der Waals surface area (Å²) in [6.07, 6.45) is -1.68. The van der Waals surface area contributed by atoms with E-state index in [2.05, 4.69) is 6.92 Å². The van der Waals surface area contributed by atoms with Crippen LogP contribution in [0.1, 0.15) is 38.2 Å². The summed E-state index contributed by atoms with van der Waals surface area (Å²) in [7, 11) is 0. The molecule has 1 aliphatic rings. The number of carbonyl (C=O) groups is 1. The molecule has 110 valence electrons. The number of hydrogen-bond donors (Lipinski definition) is 2. The number of aliphatic hydroxyl groups is 2. The zero-order chi connectivity index (χ0) is 15.2. The Bertz CT molecular complexity index is 526. The van der Waals surface area contributed by atoms with Gasteiger partial charge < -0.3 is 15.1 Å². The lowest BCUT2D eigenvalue weighted by molar-refractivity contribution is 0.0572. The Morgan fingerprint density at radius 3 is 1.60 bits per heavy atom. The fraction of sp³-hybridized carbons (Fsp3) is 0.562. The van der Waals surface area contributed by atoms with Crippen molar-refractivity contribution in [2.24, 2.45) is 0 Å². The van der Waals surface area contributed by atoms with Crippen LogP contribution < -0.4 is 0 Å². The zero-order valence-corrected chi connectivity index (χ0v) is 12.8. The number of likely N-dealkylation sites (tertiary alicyclic amines) is 1. The molecule has 1 aromatic rings. The minimum absolute atomic E-state index is 0.0956. The summed E-state index contributed by atoms with van der Waals surface area (Å²) >= 11 is 0. The number of nitrogens with zero attached hydrogens (tertiary/aromatic N) is 1. The van der Waals surface area contributed by atoms with Crippen molar-refractivity contribution in [1.29, 1.82) is 0 Å². The molecule has 0 spiro atoms. The third kappa shape index (κ3) is 2.23. The lowest BCUT2D eigenvalue weighted by atomic mass is 9.89. The van der Waals surface area contributed by atoms with E-state index in [1.165, 1.54) is 5.56 Å². The van der Waals surface area contributed by atoms with Crippen molar-refractivity contribution in [3.05, 3.63) is 33.4 Å². The minimum atomic E-state index is -0.841. The number of carbonyl (C=O) groups excluding carboxylic acids is 1. The van der Waals surface area contributed by atoms with Gasteiger partial charge in [-0.1, -0.05) is 0 Å². The molecule has 1 saturated heterocycles. The average Bonchev–Trinajstić information content (AvgIpc) is 2.74. The Labute approximate surface area is 120 Å². The van der Waals surface area contributed by atoms with Crippen LogP contribution in [0.3, 0.4) is 0 Å². The van der Waals surface area contributed by atoms with Gasteiger partial charge in [-0.25, -0.2) is 0 Å². The van der Waals surface area contributed by atoms with Gasteiger partial charge in [0.1, 0.15) is 0 Å². The fourth-order valence-corrected chi connectivity index (χ4v) is 2.91. The SMILES string of the molecule is Cc1c(C)c(C)c(C(=O)N2C[C@@H](O)[C@@H](O)C2)c(C)c1C. The number of hydrogen-bond acceptors (Lipinski definition) is 3. The van der Waals surface area contributed by atoms with Gasteiger partial charge in [-0.2, -0.15) is 0 Å². The second kappa shape index (κ2) is 5.19. The van der Waals surface area contributed by atoms with Gasteiger partial charge in [-0.15, -0.1) is 0 Å². The summed E-state index contributed by atoms with van der Waals surface area (Å²) < 4.78 is 0. The van der Waals surface area contributed by atoms with E-state index in [1.807, 2.05) is 27.7 Å². The molecule has 0 aromatic heterocycles. The van der Waals surface area contributed by atoms with E-state index in [9.17, 15) is 15.0 Å². The van der Waals surface area contributed by atoms with Gasteiger partial charge in [-0.05, 0) is 62.4 Å². The average molecular weight is 277 g/mol. The van der Waals surface area contributed by atoms with Gasteiger partial charge in [0.25, 0.3) is 5.91 Å². The highest BCUT2D eigenvalue weighted by Gasteiger charge is 2.34. The molecule has 1 aromatic carbocycles. The molecule has 2 rings (SSSR count).